The van der Waals surface area contributed by atoms with Gasteiger partial charge in [-0.1, -0.05) is 17.7 Å². The quantitative estimate of drug-likeness (QED) is 0.422. The highest BCUT2D eigenvalue weighted by molar-refractivity contribution is 6.30. The van der Waals surface area contributed by atoms with Crippen molar-refractivity contribution in [1.29, 1.82) is 0 Å². The molecule has 0 radical (unpaired) electrons. The van der Waals surface area contributed by atoms with Gasteiger partial charge >= 0.3 is 0 Å². The van der Waals surface area contributed by atoms with Gasteiger partial charge in [0.05, 0.1) is 23.0 Å². The van der Waals surface area contributed by atoms with Gasteiger partial charge in [0.1, 0.15) is 29.3 Å². The lowest BCUT2D eigenvalue weighted by Gasteiger charge is -2.10. The maximum absolute atomic E-state index is 14.1. The van der Waals surface area contributed by atoms with Crippen molar-refractivity contribution in [2.45, 2.75) is 6.92 Å². The molecule has 0 aliphatic heterocycles. The Kier molecular flexibility index (Phi) is 5.06. The molecule has 3 heterocycles. The summed E-state index contributed by atoms with van der Waals surface area (Å²) in [5.41, 5.74) is 1.09. The monoisotopic (exact) mass is 465 g/mol. The number of carbonyl (C=O) groups excluding carboxylic acids is 1. The molecule has 5 rings (SSSR count). The van der Waals surface area contributed by atoms with Crippen molar-refractivity contribution in [3.63, 3.8) is 0 Å². The van der Waals surface area contributed by atoms with Crippen LogP contribution in [0.25, 0.3) is 22.5 Å². The van der Waals surface area contributed by atoms with Crippen LogP contribution in [-0.4, -0.2) is 35.4 Å². The molecule has 1 N–H and O–H groups in total. The third-order valence-corrected chi connectivity index (χ3v) is 5.13. The number of amides is 1. The number of benzene rings is 2. The Balaban J connectivity index is 1.58. The molecule has 5 aromatic rings. The SMILES string of the molecule is Cc1cc(NC(=O)c2c(F)cccc2F)n(-c2ncnc3c2cnn3-c2ccc(Cl)cc2)n1. The standard InChI is InChI=1S/C22H14ClF2N7O/c1-12-9-18(29-22(33)19-16(24)3-2-4-17(19)25)32(30-12)21-15-10-28-31(20(15)26-11-27-21)14-7-5-13(23)6-8-14/h2-11H,1H3,(H,29,33). The van der Waals surface area contributed by atoms with E-state index in [4.69, 9.17) is 11.6 Å². The van der Waals surface area contributed by atoms with Gasteiger partial charge in [0.2, 0.25) is 0 Å². The fraction of sp³-hybridized carbons (Fsp3) is 0.0455. The first-order valence-electron chi connectivity index (χ1n) is 9.69. The number of nitrogens with zero attached hydrogens (tertiary/aromatic N) is 6. The third-order valence-electron chi connectivity index (χ3n) is 4.88. The van der Waals surface area contributed by atoms with E-state index >= 15 is 0 Å². The average Bonchev–Trinajstić information content (AvgIpc) is 3.37. The predicted octanol–water partition coefficient (Wildman–Crippen LogP) is 4.49. The van der Waals surface area contributed by atoms with Crippen LogP contribution in [0.3, 0.4) is 0 Å². The molecular formula is C22H14ClF2N7O. The molecule has 1 amide bonds. The summed E-state index contributed by atoms with van der Waals surface area (Å²) in [4.78, 5) is 21.3. The van der Waals surface area contributed by atoms with Crippen molar-refractivity contribution in [2.24, 2.45) is 0 Å². The summed E-state index contributed by atoms with van der Waals surface area (Å²) in [6, 6.07) is 11.8. The molecule has 164 valence electrons. The van der Waals surface area contributed by atoms with Crippen LogP contribution in [0.15, 0.2) is 61.1 Å². The Hall–Kier alpha value is -4.18. The number of hydrogen-bond acceptors (Lipinski definition) is 5. The van der Waals surface area contributed by atoms with Gasteiger partial charge in [0.25, 0.3) is 5.91 Å². The van der Waals surface area contributed by atoms with Gasteiger partial charge in [-0.15, -0.1) is 0 Å². The maximum Gasteiger partial charge on any atom is 0.262 e. The first kappa shape index (κ1) is 20.7. The van der Waals surface area contributed by atoms with Crippen LogP contribution in [0, 0.1) is 18.6 Å². The number of halogens is 3. The minimum Gasteiger partial charge on any atom is -0.306 e. The van der Waals surface area contributed by atoms with E-state index in [0.29, 0.717) is 27.6 Å². The Morgan fingerprint density at radius 1 is 1.03 bits per heavy atom. The van der Waals surface area contributed by atoms with Gasteiger partial charge in [0.15, 0.2) is 11.5 Å². The van der Waals surface area contributed by atoms with E-state index in [9.17, 15) is 13.6 Å². The van der Waals surface area contributed by atoms with Crippen LogP contribution in [0.1, 0.15) is 16.1 Å². The maximum atomic E-state index is 14.1. The highest BCUT2D eigenvalue weighted by atomic mass is 35.5. The molecule has 0 fully saturated rings. The molecule has 0 saturated carbocycles. The van der Waals surface area contributed by atoms with Gasteiger partial charge in [-0.2, -0.15) is 14.9 Å². The minimum atomic E-state index is -0.969. The molecule has 0 unspecified atom stereocenters. The van der Waals surface area contributed by atoms with Crippen molar-refractivity contribution >= 4 is 34.4 Å². The molecule has 11 heteroatoms. The summed E-state index contributed by atoms with van der Waals surface area (Å²) in [7, 11) is 0. The second-order valence-corrected chi connectivity index (χ2v) is 7.54. The van der Waals surface area contributed by atoms with Gasteiger partial charge in [0, 0.05) is 11.1 Å². The summed E-state index contributed by atoms with van der Waals surface area (Å²) in [6.45, 7) is 1.71. The van der Waals surface area contributed by atoms with Gasteiger partial charge in [-0.3, -0.25) is 4.79 Å². The molecule has 3 aromatic heterocycles. The Morgan fingerprint density at radius 3 is 2.48 bits per heavy atom. The predicted molar refractivity (Wildman–Crippen MR) is 118 cm³/mol. The van der Waals surface area contributed by atoms with Crippen LogP contribution in [-0.2, 0) is 0 Å². The number of aromatic nitrogens is 6. The van der Waals surface area contributed by atoms with Crippen LogP contribution in [0.5, 0.6) is 0 Å². The first-order valence-corrected chi connectivity index (χ1v) is 10.1. The lowest BCUT2D eigenvalue weighted by Crippen LogP contribution is -2.18. The third kappa shape index (κ3) is 3.70. The zero-order valence-electron chi connectivity index (χ0n) is 17.0. The Morgan fingerprint density at radius 2 is 1.76 bits per heavy atom. The molecule has 0 aliphatic rings. The molecule has 8 nitrogen and oxygen atoms in total. The molecule has 0 bridgehead atoms. The first-order chi connectivity index (χ1) is 15.9. The highest BCUT2D eigenvalue weighted by Crippen LogP contribution is 2.25. The zero-order chi connectivity index (χ0) is 23.1. The molecule has 0 saturated heterocycles. The van der Waals surface area contributed by atoms with Crippen molar-refractivity contribution in [3.8, 4) is 11.5 Å². The average molecular weight is 466 g/mol. The van der Waals surface area contributed by atoms with Crippen LogP contribution in [0.4, 0.5) is 14.6 Å². The zero-order valence-corrected chi connectivity index (χ0v) is 17.8. The highest BCUT2D eigenvalue weighted by Gasteiger charge is 2.21. The van der Waals surface area contributed by atoms with Crippen LogP contribution < -0.4 is 5.32 Å². The fourth-order valence-corrected chi connectivity index (χ4v) is 3.54. The van der Waals surface area contributed by atoms with Crippen molar-refractivity contribution in [1.82, 2.24) is 29.5 Å². The van der Waals surface area contributed by atoms with Crippen molar-refractivity contribution < 1.29 is 13.6 Å². The second kappa shape index (κ2) is 8.06. The summed E-state index contributed by atoms with van der Waals surface area (Å²) in [5, 5.41) is 12.4. The van der Waals surface area contributed by atoms with E-state index in [0.717, 1.165) is 17.8 Å². The largest absolute Gasteiger partial charge is 0.306 e. The summed E-state index contributed by atoms with van der Waals surface area (Å²) < 4.78 is 31.1. The summed E-state index contributed by atoms with van der Waals surface area (Å²) in [5.74, 6) is -2.38. The number of rotatable bonds is 4. The van der Waals surface area contributed by atoms with E-state index in [1.165, 1.54) is 17.1 Å². The van der Waals surface area contributed by atoms with Crippen LogP contribution >= 0.6 is 11.6 Å². The number of aryl methyl sites for hydroxylation is 1. The number of hydrogen-bond donors (Lipinski definition) is 1. The molecule has 0 atom stereocenters. The summed E-state index contributed by atoms with van der Waals surface area (Å²) >= 11 is 5.97. The number of anilines is 1. The Labute approximate surface area is 190 Å². The lowest BCUT2D eigenvalue weighted by molar-refractivity contribution is 0.101. The van der Waals surface area contributed by atoms with E-state index in [1.54, 1.807) is 48.1 Å². The van der Waals surface area contributed by atoms with E-state index in [-0.39, 0.29) is 5.82 Å². The lowest BCUT2D eigenvalue weighted by atomic mass is 10.2. The fourth-order valence-electron chi connectivity index (χ4n) is 3.42. The molecule has 0 spiro atoms. The van der Waals surface area contributed by atoms with Crippen molar-refractivity contribution in [3.05, 3.63) is 89.0 Å². The van der Waals surface area contributed by atoms with E-state index < -0.39 is 23.1 Å². The normalized spacial score (nSPS) is 11.2. The van der Waals surface area contributed by atoms with Gasteiger partial charge in [-0.05, 0) is 43.3 Å². The number of fused-ring (bicyclic) bond motifs is 1. The molecular weight excluding hydrogens is 452 g/mol. The van der Waals surface area contributed by atoms with Crippen molar-refractivity contribution in [2.75, 3.05) is 5.32 Å². The smallest absolute Gasteiger partial charge is 0.262 e. The molecule has 2 aromatic carbocycles. The molecule has 33 heavy (non-hydrogen) atoms. The Bertz CT molecular complexity index is 1490. The van der Waals surface area contributed by atoms with Gasteiger partial charge < -0.3 is 5.32 Å². The topological polar surface area (TPSA) is 90.5 Å². The molecule has 0 aliphatic carbocycles. The minimum absolute atomic E-state index is 0.180. The number of nitrogens with one attached hydrogen (secondary N) is 1. The number of carbonyl (C=O) groups is 1. The van der Waals surface area contributed by atoms with E-state index in [2.05, 4.69) is 25.5 Å². The summed E-state index contributed by atoms with van der Waals surface area (Å²) in [6.07, 6.45) is 2.91. The van der Waals surface area contributed by atoms with E-state index in [1.807, 2.05) is 0 Å². The van der Waals surface area contributed by atoms with Crippen LogP contribution in [0.2, 0.25) is 5.02 Å². The second-order valence-electron chi connectivity index (χ2n) is 7.10. The van der Waals surface area contributed by atoms with Gasteiger partial charge in [-0.25, -0.2) is 23.4 Å².